The predicted octanol–water partition coefficient (Wildman–Crippen LogP) is 3.46. The molecule has 2 amide bonds. The molecule has 0 radical (unpaired) electrons. The van der Waals surface area contributed by atoms with Crippen LogP contribution in [0.1, 0.15) is 11.1 Å². The van der Waals surface area contributed by atoms with E-state index in [1.165, 1.54) is 12.1 Å². The van der Waals surface area contributed by atoms with Crippen molar-refractivity contribution < 1.29 is 9.18 Å². The minimum atomic E-state index is -0.378. The third-order valence-electron chi connectivity index (χ3n) is 2.78. The zero-order valence-corrected chi connectivity index (χ0v) is 10.6. The first-order valence-corrected chi connectivity index (χ1v) is 6.00. The van der Waals surface area contributed by atoms with E-state index in [9.17, 15) is 9.18 Å². The molecule has 0 saturated carbocycles. The van der Waals surface area contributed by atoms with Gasteiger partial charge in [0.25, 0.3) is 0 Å². The highest BCUT2D eigenvalue weighted by molar-refractivity contribution is 5.89. The van der Waals surface area contributed by atoms with E-state index in [0.29, 0.717) is 12.2 Å². The Morgan fingerprint density at radius 2 is 1.95 bits per heavy atom. The quantitative estimate of drug-likeness (QED) is 0.869. The summed E-state index contributed by atoms with van der Waals surface area (Å²) in [5.74, 6) is -0.378. The number of rotatable bonds is 3. The van der Waals surface area contributed by atoms with Gasteiger partial charge in [-0.25, -0.2) is 9.18 Å². The minimum absolute atomic E-state index is 0.353. The highest BCUT2D eigenvalue weighted by Gasteiger charge is 2.03. The van der Waals surface area contributed by atoms with Crippen LogP contribution in [-0.4, -0.2) is 6.03 Å². The summed E-state index contributed by atoms with van der Waals surface area (Å²) in [6, 6.07) is 13.3. The molecule has 0 aliphatic carbocycles. The molecule has 4 heteroatoms. The third kappa shape index (κ3) is 3.81. The Morgan fingerprint density at radius 3 is 2.68 bits per heavy atom. The van der Waals surface area contributed by atoms with E-state index < -0.39 is 0 Å². The van der Waals surface area contributed by atoms with Crippen LogP contribution in [0.4, 0.5) is 14.9 Å². The van der Waals surface area contributed by atoms with Gasteiger partial charge in [-0.2, -0.15) is 0 Å². The Bertz CT molecular complexity index is 584. The van der Waals surface area contributed by atoms with Crippen LogP contribution in [0.2, 0.25) is 0 Å². The number of carbonyl (C=O) groups is 1. The van der Waals surface area contributed by atoms with Gasteiger partial charge >= 0.3 is 6.03 Å². The fourth-order valence-electron chi connectivity index (χ4n) is 1.73. The number of carbonyl (C=O) groups excluding carboxylic acids is 1. The standard InChI is InChI=1S/C15H15FN2O/c1-11-5-2-3-6-12(11)10-17-15(19)18-14-8-4-7-13(16)9-14/h2-9H,10H2,1H3,(H2,17,18,19). The normalized spacial score (nSPS) is 10.0. The monoisotopic (exact) mass is 258 g/mol. The summed E-state index contributed by atoms with van der Waals surface area (Å²) < 4.78 is 12.9. The van der Waals surface area contributed by atoms with Gasteiger partial charge in [-0.3, -0.25) is 0 Å². The van der Waals surface area contributed by atoms with Crippen molar-refractivity contribution in [3.05, 3.63) is 65.5 Å². The number of aryl methyl sites for hydroxylation is 1. The van der Waals surface area contributed by atoms with Crippen molar-refractivity contribution in [2.75, 3.05) is 5.32 Å². The number of hydrogen-bond acceptors (Lipinski definition) is 1. The highest BCUT2D eigenvalue weighted by atomic mass is 19.1. The largest absolute Gasteiger partial charge is 0.334 e. The summed E-state index contributed by atoms with van der Waals surface area (Å²) in [5, 5.41) is 5.32. The van der Waals surface area contributed by atoms with Crippen LogP contribution >= 0.6 is 0 Å². The second-order valence-corrected chi connectivity index (χ2v) is 4.24. The van der Waals surface area contributed by atoms with Crippen molar-refractivity contribution in [2.24, 2.45) is 0 Å². The minimum Gasteiger partial charge on any atom is -0.334 e. The van der Waals surface area contributed by atoms with Crippen LogP contribution in [0, 0.1) is 12.7 Å². The number of urea groups is 1. The first-order valence-electron chi connectivity index (χ1n) is 6.00. The summed E-state index contributed by atoms with van der Waals surface area (Å²) in [6.07, 6.45) is 0. The Balaban J connectivity index is 1.90. The first-order chi connectivity index (χ1) is 9.15. The number of nitrogens with one attached hydrogen (secondary N) is 2. The number of benzene rings is 2. The van der Waals surface area contributed by atoms with Gasteiger partial charge in [0.15, 0.2) is 0 Å². The number of hydrogen-bond donors (Lipinski definition) is 2. The summed E-state index contributed by atoms with van der Waals surface area (Å²) >= 11 is 0. The van der Waals surface area contributed by atoms with Crippen LogP contribution in [-0.2, 0) is 6.54 Å². The fraction of sp³-hybridized carbons (Fsp3) is 0.133. The lowest BCUT2D eigenvalue weighted by molar-refractivity contribution is 0.251. The van der Waals surface area contributed by atoms with Crippen LogP contribution in [0.5, 0.6) is 0 Å². The molecule has 2 rings (SSSR count). The zero-order chi connectivity index (χ0) is 13.7. The van der Waals surface area contributed by atoms with E-state index in [1.807, 2.05) is 31.2 Å². The van der Waals surface area contributed by atoms with E-state index in [4.69, 9.17) is 0 Å². The first kappa shape index (κ1) is 13.1. The second-order valence-electron chi connectivity index (χ2n) is 4.24. The third-order valence-corrected chi connectivity index (χ3v) is 2.78. The molecule has 0 bridgehead atoms. The molecule has 0 unspecified atom stereocenters. The predicted molar refractivity (Wildman–Crippen MR) is 73.4 cm³/mol. The highest BCUT2D eigenvalue weighted by Crippen LogP contribution is 2.09. The van der Waals surface area contributed by atoms with Gasteiger partial charge in [-0.05, 0) is 36.2 Å². The van der Waals surface area contributed by atoms with Gasteiger partial charge in [0.2, 0.25) is 0 Å². The SMILES string of the molecule is Cc1ccccc1CNC(=O)Nc1cccc(F)c1. The molecule has 19 heavy (non-hydrogen) atoms. The molecule has 0 fully saturated rings. The van der Waals surface area contributed by atoms with Crippen molar-refractivity contribution in [2.45, 2.75) is 13.5 Å². The van der Waals surface area contributed by atoms with Gasteiger partial charge in [-0.15, -0.1) is 0 Å². The molecular weight excluding hydrogens is 243 g/mol. The molecule has 2 aromatic rings. The topological polar surface area (TPSA) is 41.1 Å². The summed E-state index contributed by atoms with van der Waals surface area (Å²) in [6.45, 7) is 2.43. The van der Waals surface area contributed by atoms with E-state index in [0.717, 1.165) is 11.1 Å². The molecule has 0 spiro atoms. The maximum atomic E-state index is 12.9. The average molecular weight is 258 g/mol. The molecule has 0 atom stereocenters. The summed E-state index contributed by atoms with van der Waals surface area (Å²) in [7, 11) is 0. The molecule has 0 aliphatic rings. The molecule has 98 valence electrons. The van der Waals surface area contributed by atoms with Crippen LogP contribution in [0.15, 0.2) is 48.5 Å². The van der Waals surface area contributed by atoms with Gasteiger partial charge in [0, 0.05) is 12.2 Å². The summed E-state index contributed by atoms with van der Waals surface area (Å²) in [5.41, 5.74) is 2.60. The van der Waals surface area contributed by atoms with E-state index in [-0.39, 0.29) is 11.8 Å². The molecule has 0 heterocycles. The van der Waals surface area contributed by atoms with Crippen molar-refractivity contribution in [3.8, 4) is 0 Å². The number of amides is 2. The average Bonchev–Trinajstić information content (AvgIpc) is 2.38. The Morgan fingerprint density at radius 1 is 1.16 bits per heavy atom. The molecular formula is C15H15FN2O. The molecule has 0 aliphatic heterocycles. The number of halogens is 1. The van der Waals surface area contributed by atoms with Crippen molar-refractivity contribution in [1.29, 1.82) is 0 Å². The van der Waals surface area contributed by atoms with E-state index >= 15 is 0 Å². The van der Waals surface area contributed by atoms with Crippen LogP contribution < -0.4 is 10.6 Å². The molecule has 2 N–H and O–H groups in total. The molecule has 0 saturated heterocycles. The molecule has 3 nitrogen and oxygen atoms in total. The fourth-order valence-corrected chi connectivity index (χ4v) is 1.73. The second kappa shape index (κ2) is 6.00. The van der Waals surface area contributed by atoms with Crippen LogP contribution in [0.3, 0.4) is 0 Å². The smallest absolute Gasteiger partial charge is 0.319 e. The van der Waals surface area contributed by atoms with Gasteiger partial charge in [0.05, 0.1) is 0 Å². The van der Waals surface area contributed by atoms with Gasteiger partial charge < -0.3 is 10.6 Å². The lowest BCUT2D eigenvalue weighted by atomic mass is 10.1. The van der Waals surface area contributed by atoms with Crippen LogP contribution in [0.25, 0.3) is 0 Å². The van der Waals surface area contributed by atoms with E-state index in [1.54, 1.807) is 12.1 Å². The maximum absolute atomic E-state index is 12.9. The Labute approximate surface area is 111 Å². The molecule has 2 aromatic carbocycles. The van der Waals surface area contributed by atoms with E-state index in [2.05, 4.69) is 10.6 Å². The van der Waals surface area contributed by atoms with Gasteiger partial charge in [0.1, 0.15) is 5.82 Å². The lowest BCUT2D eigenvalue weighted by Gasteiger charge is -2.09. The zero-order valence-electron chi connectivity index (χ0n) is 10.6. The summed E-state index contributed by atoms with van der Waals surface area (Å²) in [4.78, 5) is 11.7. The van der Waals surface area contributed by atoms with Gasteiger partial charge in [-0.1, -0.05) is 30.3 Å². The van der Waals surface area contributed by atoms with Crippen molar-refractivity contribution >= 4 is 11.7 Å². The Kier molecular flexibility index (Phi) is 4.13. The number of anilines is 1. The van der Waals surface area contributed by atoms with Crippen molar-refractivity contribution in [1.82, 2.24) is 5.32 Å². The lowest BCUT2D eigenvalue weighted by Crippen LogP contribution is -2.28. The maximum Gasteiger partial charge on any atom is 0.319 e. The Hall–Kier alpha value is -2.36. The van der Waals surface area contributed by atoms with Crippen molar-refractivity contribution in [3.63, 3.8) is 0 Å². The molecule has 0 aromatic heterocycles.